The van der Waals surface area contributed by atoms with Crippen molar-refractivity contribution in [2.24, 2.45) is 16.1 Å². The maximum absolute atomic E-state index is 5.94. The molecule has 3 aliphatic rings. The second-order valence-electron chi connectivity index (χ2n) is 11.6. The van der Waals surface area contributed by atoms with Crippen molar-refractivity contribution in [3.63, 3.8) is 0 Å². The Morgan fingerprint density at radius 3 is 2.76 bits per heavy atom. The normalized spacial score (nSPS) is 22.9. The first kappa shape index (κ1) is 24.9. The molecule has 1 saturated heterocycles. The maximum Gasteiger partial charge on any atom is 0.128 e. The number of allylic oxidation sites excluding steroid dienone is 1. The van der Waals surface area contributed by atoms with Gasteiger partial charge in [0, 0.05) is 62.0 Å². The highest BCUT2D eigenvalue weighted by molar-refractivity contribution is 5.88. The maximum atomic E-state index is 5.94. The van der Waals surface area contributed by atoms with Gasteiger partial charge in [0.05, 0.1) is 5.84 Å². The molecule has 1 aliphatic carbocycles. The van der Waals surface area contributed by atoms with Crippen LogP contribution < -0.4 is 21.3 Å². The molecule has 2 aliphatic heterocycles. The van der Waals surface area contributed by atoms with Gasteiger partial charge < -0.3 is 21.3 Å². The zero-order valence-corrected chi connectivity index (χ0v) is 22.6. The SMILES string of the molecule is CNCC1(C)CCN(c2cc([C@H]3CC3Nc3cc4cc(C5=CN=C(N)CCC5)ccc4cn3)ccn2)CC1. The Bertz CT molecular complexity index is 1370. The summed E-state index contributed by atoms with van der Waals surface area (Å²) in [6.45, 7) is 5.61. The summed E-state index contributed by atoms with van der Waals surface area (Å²) in [4.78, 5) is 16.3. The van der Waals surface area contributed by atoms with Crippen LogP contribution in [0.4, 0.5) is 11.6 Å². The summed E-state index contributed by atoms with van der Waals surface area (Å²) in [5.74, 6) is 3.28. The van der Waals surface area contributed by atoms with Gasteiger partial charge in [0.1, 0.15) is 11.6 Å². The lowest BCUT2D eigenvalue weighted by Gasteiger charge is -2.40. The number of nitrogens with zero attached hydrogens (tertiary/aromatic N) is 4. The Hall–Kier alpha value is -3.45. The summed E-state index contributed by atoms with van der Waals surface area (Å²) in [5.41, 5.74) is 10.2. The van der Waals surface area contributed by atoms with E-state index in [0.717, 1.165) is 68.2 Å². The van der Waals surface area contributed by atoms with Crippen LogP contribution in [0.3, 0.4) is 0 Å². The zero-order chi connectivity index (χ0) is 26.1. The lowest BCUT2D eigenvalue weighted by Crippen LogP contribution is -2.43. The number of nitrogens with two attached hydrogens (primary N) is 1. The zero-order valence-electron chi connectivity index (χ0n) is 22.6. The van der Waals surface area contributed by atoms with E-state index in [1.54, 1.807) is 0 Å². The third-order valence-corrected chi connectivity index (χ3v) is 8.58. The van der Waals surface area contributed by atoms with Crippen molar-refractivity contribution in [2.45, 2.75) is 57.4 Å². The van der Waals surface area contributed by atoms with E-state index in [4.69, 9.17) is 15.7 Å². The first-order valence-corrected chi connectivity index (χ1v) is 14.0. The molecule has 3 aromatic rings. The van der Waals surface area contributed by atoms with Gasteiger partial charge in [-0.3, -0.25) is 0 Å². The molecule has 198 valence electrons. The number of rotatable bonds is 7. The van der Waals surface area contributed by atoms with Crippen LogP contribution in [0.15, 0.2) is 60.0 Å². The minimum atomic E-state index is 0.385. The number of anilines is 2. The average molecular weight is 510 g/mol. The molecule has 0 bridgehead atoms. The number of benzene rings is 1. The third-order valence-electron chi connectivity index (χ3n) is 8.58. The fourth-order valence-electron chi connectivity index (χ4n) is 6.02. The molecular weight excluding hydrogens is 470 g/mol. The molecule has 2 aromatic heterocycles. The summed E-state index contributed by atoms with van der Waals surface area (Å²) in [7, 11) is 2.05. The molecule has 4 heterocycles. The fraction of sp³-hybridized carbons (Fsp3) is 0.452. The molecule has 1 aromatic carbocycles. The monoisotopic (exact) mass is 509 g/mol. The summed E-state index contributed by atoms with van der Waals surface area (Å²) in [5, 5.41) is 9.40. The topological polar surface area (TPSA) is 91.5 Å². The summed E-state index contributed by atoms with van der Waals surface area (Å²) in [6, 6.07) is 13.6. The Balaban J connectivity index is 1.12. The molecular formula is C31H39N7. The van der Waals surface area contributed by atoms with Crippen molar-refractivity contribution >= 4 is 33.8 Å². The van der Waals surface area contributed by atoms with Gasteiger partial charge in [-0.05, 0) is 90.9 Å². The van der Waals surface area contributed by atoms with Crippen LogP contribution in [0.1, 0.15) is 62.5 Å². The molecule has 0 radical (unpaired) electrons. The predicted molar refractivity (Wildman–Crippen MR) is 158 cm³/mol. The van der Waals surface area contributed by atoms with E-state index >= 15 is 0 Å². The van der Waals surface area contributed by atoms with Crippen LogP contribution in [0.2, 0.25) is 0 Å². The Morgan fingerprint density at radius 1 is 1.05 bits per heavy atom. The highest BCUT2D eigenvalue weighted by Crippen LogP contribution is 2.44. The van der Waals surface area contributed by atoms with Gasteiger partial charge in [-0.15, -0.1) is 0 Å². The van der Waals surface area contributed by atoms with Crippen LogP contribution in [-0.4, -0.2) is 48.5 Å². The Labute approximate surface area is 225 Å². The number of nitrogens with one attached hydrogen (secondary N) is 2. The molecule has 38 heavy (non-hydrogen) atoms. The van der Waals surface area contributed by atoms with E-state index in [-0.39, 0.29) is 0 Å². The average Bonchev–Trinajstić information content (AvgIpc) is 3.72. The van der Waals surface area contributed by atoms with Crippen molar-refractivity contribution in [1.29, 1.82) is 0 Å². The van der Waals surface area contributed by atoms with Crippen LogP contribution in [0.5, 0.6) is 0 Å². The summed E-state index contributed by atoms with van der Waals surface area (Å²) >= 11 is 0. The second kappa shape index (κ2) is 10.4. The lowest BCUT2D eigenvalue weighted by atomic mass is 9.80. The smallest absolute Gasteiger partial charge is 0.128 e. The minimum Gasteiger partial charge on any atom is -0.387 e. The van der Waals surface area contributed by atoms with E-state index < -0.39 is 0 Å². The minimum absolute atomic E-state index is 0.385. The fourth-order valence-corrected chi connectivity index (χ4v) is 6.02. The van der Waals surface area contributed by atoms with Gasteiger partial charge in [-0.1, -0.05) is 19.1 Å². The standard InChI is InChI=1S/C31H39N7/c1-31(20-33-2)9-12-38(13-10-31)30-16-22(8-11-34-30)26-17-27(26)37-29-15-25-14-21(6-7-24(25)19-36-29)23-4-3-5-28(32)35-18-23/h6-8,11,14-16,18-19,26-27,33H,3-5,9-10,12-13,17,20H2,1-2H3,(H2,32,35)(H,36,37)/t26-,27?/m1/s1. The van der Waals surface area contributed by atoms with Crippen molar-refractivity contribution in [3.8, 4) is 0 Å². The van der Waals surface area contributed by atoms with Crippen LogP contribution >= 0.6 is 0 Å². The second-order valence-corrected chi connectivity index (χ2v) is 11.6. The number of piperidine rings is 1. The number of aliphatic imine (C=N–C) groups is 1. The number of fused-ring (bicyclic) bond motifs is 1. The van der Waals surface area contributed by atoms with Gasteiger partial charge in [-0.2, -0.15) is 0 Å². The number of aromatic nitrogens is 2. The van der Waals surface area contributed by atoms with E-state index in [1.807, 2.05) is 18.6 Å². The Kier molecular flexibility index (Phi) is 6.78. The van der Waals surface area contributed by atoms with E-state index in [0.29, 0.717) is 17.4 Å². The van der Waals surface area contributed by atoms with E-state index in [1.165, 1.54) is 34.9 Å². The Morgan fingerprint density at radius 2 is 1.92 bits per heavy atom. The molecule has 2 atom stereocenters. The van der Waals surface area contributed by atoms with Crippen molar-refractivity contribution < 1.29 is 0 Å². The molecule has 2 fully saturated rings. The quantitative estimate of drug-likeness (QED) is 0.400. The summed E-state index contributed by atoms with van der Waals surface area (Å²) in [6.07, 6.45) is 12.3. The van der Waals surface area contributed by atoms with Crippen LogP contribution in [0, 0.1) is 5.41 Å². The molecule has 0 spiro atoms. The largest absolute Gasteiger partial charge is 0.387 e. The molecule has 1 unspecified atom stereocenters. The van der Waals surface area contributed by atoms with Crippen molar-refractivity contribution in [1.82, 2.24) is 15.3 Å². The highest BCUT2D eigenvalue weighted by Gasteiger charge is 2.39. The molecule has 6 rings (SSSR count). The van der Waals surface area contributed by atoms with E-state index in [2.05, 4.69) is 70.9 Å². The van der Waals surface area contributed by atoms with Gasteiger partial charge in [0.2, 0.25) is 0 Å². The van der Waals surface area contributed by atoms with Crippen LogP contribution in [-0.2, 0) is 0 Å². The van der Waals surface area contributed by atoms with Crippen molar-refractivity contribution in [2.75, 3.05) is 36.9 Å². The first-order chi connectivity index (χ1) is 18.5. The van der Waals surface area contributed by atoms with Gasteiger partial charge >= 0.3 is 0 Å². The van der Waals surface area contributed by atoms with E-state index in [9.17, 15) is 0 Å². The van der Waals surface area contributed by atoms with Crippen molar-refractivity contribution in [3.05, 3.63) is 66.1 Å². The molecule has 7 heteroatoms. The van der Waals surface area contributed by atoms with Gasteiger partial charge in [0.15, 0.2) is 0 Å². The molecule has 4 N–H and O–H groups in total. The van der Waals surface area contributed by atoms with Gasteiger partial charge in [-0.25, -0.2) is 15.0 Å². The van der Waals surface area contributed by atoms with Crippen LogP contribution in [0.25, 0.3) is 16.3 Å². The first-order valence-electron chi connectivity index (χ1n) is 14.0. The summed E-state index contributed by atoms with van der Waals surface area (Å²) < 4.78 is 0. The molecule has 1 saturated carbocycles. The number of hydrogen-bond donors (Lipinski definition) is 3. The molecule has 7 nitrogen and oxygen atoms in total. The number of hydrogen-bond acceptors (Lipinski definition) is 7. The lowest BCUT2D eigenvalue weighted by molar-refractivity contribution is 0.242. The highest BCUT2D eigenvalue weighted by atomic mass is 15.2. The third kappa shape index (κ3) is 5.39. The van der Waals surface area contributed by atoms with Gasteiger partial charge in [0.25, 0.3) is 0 Å². The number of pyridine rings is 2. The molecule has 0 amide bonds. The predicted octanol–water partition coefficient (Wildman–Crippen LogP) is 5.31. The number of amidine groups is 1.